The van der Waals surface area contributed by atoms with Gasteiger partial charge in [0.25, 0.3) is 0 Å². The molecule has 5 nitrogen and oxygen atoms in total. The molecule has 0 aromatic heterocycles. The van der Waals surface area contributed by atoms with Gasteiger partial charge in [-0.3, -0.25) is 4.79 Å². The van der Waals surface area contributed by atoms with Gasteiger partial charge in [-0.05, 0) is 18.1 Å². The van der Waals surface area contributed by atoms with Crippen LogP contribution in [0.2, 0.25) is 5.02 Å². The van der Waals surface area contributed by atoms with E-state index in [0.29, 0.717) is 22.2 Å². The molecule has 2 aromatic rings. The van der Waals surface area contributed by atoms with E-state index in [1.807, 2.05) is 0 Å². The van der Waals surface area contributed by atoms with Gasteiger partial charge in [-0.25, -0.2) is 0 Å². The molecule has 0 heterocycles. The number of para-hydroxylation sites is 1. The highest BCUT2D eigenvalue weighted by Crippen LogP contribution is 2.36. The molecule has 27 heavy (non-hydrogen) atoms. The molecule has 0 atom stereocenters. The number of rotatable bonds is 7. The standard InChI is InChI=1S/C18H17ClF3NO4/c1-25-15-10-13(16(26-2)9-12(15)19)23-17(24)8-7-11-5-3-4-6-14(11)27-18(20,21)22/h3-6,9-10H,7-8H2,1-2H3,(H,23,24). The van der Waals surface area contributed by atoms with Gasteiger partial charge in [0, 0.05) is 18.6 Å². The van der Waals surface area contributed by atoms with Crippen molar-refractivity contribution in [3.05, 3.63) is 47.0 Å². The van der Waals surface area contributed by atoms with E-state index in [-0.39, 0.29) is 24.2 Å². The first kappa shape index (κ1) is 20.7. The lowest BCUT2D eigenvalue weighted by Gasteiger charge is -2.14. The molecule has 146 valence electrons. The average Bonchev–Trinajstić information content (AvgIpc) is 2.60. The van der Waals surface area contributed by atoms with Gasteiger partial charge in [-0.2, -0.15) is 0 Å². The minimum atomic E-state index is -4.80. The number of nitrogens with one attached hydrogen (secondary N) is 1. The van der Waals surface area contributed by atoms with Crippen molar-refractivity contribution >= 4 is 23.2 Å². The number of amides is 1. The van der Waals surface area contributed by atoms with Gasteiger partial charge in [-0.15, -0.1) is 13.2 Å². The molecular weight excluding hydrogens is 387 g/mol. The second-order valence-electron chi connectivity index (χ2n) is 5.39. The molecule has 0 bridgehead atoms. The van der Waals surface area contributed by atoms with Crippen LogP contribution in [0.1, 0.15) is 12.0 Å². The Morgan fingerprint density at radius 1 is 1.07 bits per heavy atom. The second kappa shape index (κ2) is 8.85. The van der Waals surface area contributed by atoms with Crippen molar-refractivity contribution in [1.82, 2.24) is 0 Å². The third-order valence-electron chi connectivity index (χ3n) is 3.57. The highest BCUT2D eigenvalue weighted by molar-refractivity contribution is 6.32. The van der Waals surface area contributed by atoms with Crippen molar-refractivity contribution in [2.45, 2.75) is 19.2 Å². The number of halogens is 4. The molecule has 0 aliphatic rings. The molecule has 9 heteroatoms. The molecule has 2 aromatic carbocycles. The van der Waals surface area contributed by atoms with Crippen LogP contribution in [-0.4, -0.2) is 26.5 Å². The second-order valence-corrected chi connectivity index (χ2v) is 5.80. The number of carbonyl (C=O) groups is 1. The SMILES string of the molecule is COc1cc(NC(=O)CCc2ccccc2OC(F)(F)F)c(OC)cc1Cl. The Morgan fingerprint density at radius 3 is 2.37 bits per heavy atom. The van der Waals surface area contributed by atoms with Gasteiger partial charge < -0.3 is 19.5 Å². The maximum atomic E-state index is 12.5. The van der Waals surface area contributed by atoms with E-state index in [9.17, 15) is 18.0 Å². The van der Waals surface area contributed by atoms with E-state index in [1.165, 1.54) is 44.6 Å². The first-order valence-electron chi connectivity index (χ1n) is 7.78. The van der Waals surface area contributed by atoms with Crippen LogP contribution in [0.3, 0.4) is 0 Å². The predicted octanol–water partition coefficient (Wildman–Crippen LogP) is 4.83. The van der Waals surface area contributed by atoms with Gasteiger partial charge in [0.2, 0.25) is 5.91 Å². The maximum Gasteiger partial charge on any atom is 0.573 e. The van der Waals surface area contributed by atoms with Crippen molar-refractivity contribution in [3.8, 4) is 17.2 Å². The average molecular weight is 404 g/mol. The molecule has 0 aliphatic heterocycles. The van der Waals surface area contributed by atoms with Gasteiger partial charge in [-0.1, -0.05) is 29.8 Å². The summed E-state index contributed by atoms with van der Waals surface area (Å²) in [6.45, 7) is 0. The van der Waals surface area contributed by atoms with Gasteiger partial charge in [0.15, 0.2) is 0 Å². The third-order valence-corrected chi connectivity index (χ3v) is 3.86. The van der Waals surface area contributed by atoms with E-state index in [4.69, 9.17) is 21.1 Å². The molecule has 1 amide bonds. The number of anilines is 1. The molecule has 0 saturated carbocycles. The number of carbonyl (C=O) groups excluding carboxylic acids is 1. The van der Waals surface area contributed by atoms with E-state index in [2.05, 4.69) is 10.1 Å². The predicted molar refractivity (Wildman–Crippen MR) is 94.6 cm³/mol. The summed E-state index contributed by atoms with van der Waals surface area (Å²) in [4.78, 5) is 12.2. The van der Waals surface area contributed by atoms with Crippen molar-refractivity contribution in [1.29, 1.82) is 0 Å². The first-order chi connectivity index (χ1) is 12.7. The Bertz CT molecular complexity index is 812. The molecule has 0 saturated heterocycles. The number of aryl methyl sites for hydroxylation is 1. The Hall–Kier alpha value is -2.61. The fourth-order valence-electron chi connectivity index (χ4n) is 2.35. The molecule has 2 rings (SSSR count). The van der Waals surface area contributed by atoms with Gasteiger partial charge in [0.05, 0.1) is 24.9 Å². The summed E-state index contributed by atoms with van der Waals surface area (Å²) < 4.78 is 51.6. The smallest absolute Gasteiger partial charge is 0.495 e. The number of hydrogen-bond acceptors (Lipinski definition) is 4. The Morgan fingerprint density at radius 2 is 1.74 bits per heavy atom. The van der Waals surface area contributed by atoms with E-state index in [1.54, 1.807) is 6.07 Å². The van der Waals surface area contributed by atoms with E-state index < -0.39 is 12.3 Å². The summed E-state index contributed by atoms with van der Waals surface area (Å²) in [6.07, 6.45) is -4.80. The first-order valence-corrected chi connectivity index (χ1v) is 8.16. The maximum absolute atomic E-state index is 12.5. The van der Waals surface area contributed by atoms with Crippen LogP contribution in [0, 0.1) is 0 Å². The number of benzene rings is 2. The van der Waals surface area contributed by atoms with E-state index >= 15 is 0 Å². The lowest BCUT2D eigenvalue weighted by atomic mass is 10.1. The molecule has 0 unspecified atom stereocenters. The Labute approximate surface area is 159 Å². The van der Waals surface area contributed by atoms with Crippen molar-refractivity contribution < 1.29 is 32.2 Å². The van der Waals surface area contributed by atoms with Crippen LogP contribution in [0.5, 0.6) is 17.2 Å². The fourth-order valence-corrected chi connectivity index (χ4v) is 2.58. The van der Waals surface area contributed by atoms with Crippen LogP contribution in [0.25, 0.3) is 0 Å². The minimum Gasteiger partial charge on any atom is -0.495 e. The van der Waals surface area contributed by atoms with Crippen molar-refractivity contribution in [2.75, 3.05) is 19.5 Å². The summed E-state index contributed by atoms with van der Waals surface area (Å²) in [5.74, 6) is -0.0744. The quantitative estimate of drug-likeness (QED) is 0.719. The van der Waals surface area contributed by atoms with Crippen LogP contribution in [-0.2, 0) is 11.2 Å². The topological polar surface area (TPSA) is 56.8 Å². The van der Waals surface area contributed by atoms with Crippen molar-refractivity contribution in [2.24, 2.45) is 0 Å². The third kappa shape index (κ3) is 5.96. The summed E-state index contributed by atoms with van der Waals surface area (Å²) in [6, 6.07) is 8.66. The highest BCUT2D eigenvalue weighted by atomic mass is 35.5. The fraction of sp³-hybridized carbons (Fsp3) is 0.278. The largest absolute Gasteiger partial charge is 0.573 e. The van der Waals surface area contributed by atoms with Crippen molar-refractivity contribution in [3.63, 3.8) is 0 Å². The Balaban J connectivity index is 2.08. The normalized spacial score (nSPS) is 11.0. The zero-order valence-electron chi connectivity index (χ0n) is 14.5. The zero-order valence-corrected chi connectivity index (χ0v) is 15.3. The lowest BCUT2D eigenvalue weighted by molar-refractivity contribution is -0.274. The number of ether oxygens (including phenoxy) is 3. The minimum absolute atomic E-state index is 0.0606. The monoisotopic (exact) mass is 403 g/mol. The number of hydrogen-bond donors (Lipinski definition) is 1. The molecule has 0 radical (unpaired) electrons. The van der Waals surface area contributed by atoms with E-state index in [0.717, 1.165) is 0 Å². The number of alkyl halides is 3. The van der Waals surface area contributed by atoms with Crippen LogP contribution in [0.4, 0.5) is 18.9 Å². The van der Waals surface area contributed by atoms with Crippen LogP contribution >= 0.6 is 11.6 Å². The summed E-state index contributed by atoms with van der Waals surface area (Å²) >= 11 is 6.00. The summed E-state index contributed by atoms with van der Waals surface area (Å²) in [5, 5.41) is 2.95. The summed E-state index contributed by atoms with van der Waals surface area (Å²) in [7, 11) is 2.84. The molecule has 0 spiro atoms. The zero-order chi connectivity index (χ0) is 20.0. The highest BCUT2D eigenvalue weighted by Gasteiger charge is 2.32. The van der Waals surface area contributed by atoms with Gasteiger partial charge >= 0.3 is 6.36 Å². The molecular formula is C18H17ClF3NO4. The summed E-state index contributed by atoms with van der Waals surface area (Å²) in [5.41, 5.74) is 0.606. The Kier molecular flexibility index (Phi) is 6.79. The molecule has 1 N–H and O–H groups in total. The van der Waals surface area contributed by atoms with Crippen LogP contribution in [0.15, 0.2) is 36.4 Å². The molecule has 0 aliphatic carbocycles. The number of methoxy groups -OCH3 is 2. The lowest BCUT2D eigenvalue weighted by Crippen LogP contribution is -2.18. The van der Waals surface area contributed by atoms with Crippen LogP contribution < -0.4 is 19.5 Å². The van der Waals surface area contributed by atoms with Gasteiger partial charge in [0.1, 0.15) is 17.2 Å². The molecule has 0 fully saturated rings.